The van der Waals surface area contributed by atoms with Gasteiger partial charge in [-0.1, -0.05) is 11.6 Å². The molecule has 19 heavy (non-hydrogen) atoms. The van der Waals surface area contributed by atoms with Crippen LogP contribution in [-0.2, 0) is 9.59 Å². The third-order valence-electron chi connectivity index (χ3n) is 2.88. The Morgan fingerprint density at radius 2 is 2.11 bits per heavy atom. The van der Waals surface area contributed by atoms with Gasteiger partial charge in [0.1, 0.15) is 0 Å². The van der Waals surface area contributed by atoms with Crippen LogP contribution in [0.4, 0.5) is 5.69 Å². The molecule has 2 rings (SSSR count). The first kappa shape index (κ1) is 13.5. The van der Waals surface area contributed by atoms with Crippen LogP contribution >= 0.6 is 11.6 Å². The third-order valence-corrected chi connectivity index (χ3v) is 3.12. The minimum Gasteiger partial charge on any atom is -0.305 e. The molecule has 0 spiro atoms. The van der Waals surface area contributed by atoms with E-state index >= 15 is 0 Å². The van der Waals surface area contributed by atoms with E-state index in [-0.39, 0.29) is 18.9 Å². The number of fused-ring (bicyclic) bond motifs is 1. The molecule has 2 amide bonds. The van der Waals surface area contributed by atoms with Crippen molar-refractivity contribution in [2.75, 3.05) is 11.4 Å². The van der Waals surface area contributed by atoms with Crippen molar-refractivity contribution in [2.45, 2.75) is 12.8 Å². The van der Waals surface area contributed by atoms with Gasteiger partial charge in [0.15, 0.2) is 0 Å². The summed E-state index contributed by atoms with van der Waals surface area (Å²) < 4.78 is 0. The molecule has 0 bridgehead atoms. The van der Waals surface area contributed by atoms with Gasteiger partial charge >= 0.3 is 0 Å². The fourth-order valence-electron chi connectivity index (χ4n) is 1.96. The Labute approximate surface area is 114 Å². The molecule has 0 aliphatic carbocycles. The van der Waals surface area contributed by atoms with E-state index < -0.39 is 11.7 Å². The zero-order chi connectivity index (χ0) is 14.0. The molecule has 1 heterocycles. The molecule has 6 nitrogen and oxygen atoms in total. The number of carbonyl (C=O) groups excluding carboxylic acids is 3. The number of anilines is 1. The molecule has 0 saturated heterocycles. The highest BCUT2D eigenvalue weighted by atomic mass is 35.5. The van der Waals surface area contributed by atoms with Crippen LogP contribution in [0.1, 0.15) is 23.2 Å². The number of hydrogen-bond acceptors (Lipinski definition) is 4. The highest BCUT2D eigenvalue weighted by Gasteiger charge is 2.35. The number of rotatable bonds is 4. The van der Waals surface area contributed by atoms with Gasteiger partial charge in [-0.15, -0.1) is 0 Å². The smallest absolute Gasteiger partial charge is 0.299 e. The number of nitrogens with zero attached hydrogens (tertiary/aromatic N) is 1. The molecule has 0 saturated carbocycles. The molecule has 1 aromatic carbocycles. The minimum atomic E-state index is -0.592. The molecule has 1 aliphatic rings. The first-order valence-electron chi connectivity index (χ1n) is 5.70. The standard InChI is InChI=1S/C12H12ClN3O3/c13-7-3-4-9-8(6-7)11(18)12(19)16(9)5-1-2-10(17)15-14/h3-4,6H,1-2,5,14H2,(H,15,17). The summed E-state index contributed by atoms with van der Waals surface area (Å²) in [5, 5.41) is 0.407. The predicted octanol–water partition coefficient (Wildman–Crippen LogP) is 0.639. The molecular weight excluding hydrogens is 270 g/mol. The van der Waals surface area contributed by atoms with Gasteiger partial charge in [0.2, 0.25) is 5.91 Å². The Hall–Kier alpha value is -1.92. The Morgan fingerprint density at radius 1 is 1.37 bits per heavy atom. The molecule has 0 radical (unpaired) electrons. The van der Waals surface area contributed by atoms with Crippen molar-refractivity contribution in [2.24, 2.45) is 5.84 Å². The lowest BCUT2D eigenvalue weighted by Crippen LogP contribution is -2.33. The summed E-state index contributed by atoms with van der Waals surface area (Å²) in [5.41, 5.74) is 2.85. The normalized spacial score (nSPS) is 13.7. The zero-order valence-corrected chi connectivity index (χ0v) is 10.7. The van der Waals surface area contributed by atoms with Crippen molar-refractivity contribution in [3.63, 3.8) is 0 Å². The van der Waals surface area contributed by atoms with Gasteiger partial charge < -0.3 is 4.90 Å². The fourth-order valence-corrected chi connectivity index (χ4v) is 2.14. The van der Waals surface area contributed by atoms with Crippen LogP contribution in [0.5, 0.6) is 0 Å². The van der Waals surface area contributed by atoms with E-state index in [9.17, 15) is 14.4 Å². The number of benzene rings is 1. The van der Waals surface area contributed by atoms with Crippen LogP contribution in [0.15, 0.2) is 18.2 Å². The van der Waals surface area contributed by atoms with Crippen molar-refractivity contribution < 1.29 is 14.4 Å². The number of nitrogens with one attached hydrogen (secondary N) is 1. The van der Waals surface area contributed by atoms with Gasteiger partial charge in [-0.25, -0.2) is 5.84 Å². The third kappa shape index (κ3) is 2.59. The summed E-state index contributed by atoms with van der Waals surface area (Å²) in [5.74, 6) is 3.49. The highest BCUT2D eigenvalue weighted by molar-refractivity contribution is 6.52. The Balaban J connectivity index is 2.13. The van der Waals surface area contributed by atoms with Crippen LogP contribution in [0.3, 0.4) is 0 Å². The number of hydrazine groups is 1. The average Bonchev–Trinajstić information content (AvgIpc) is 2.63. The van der Waals surface area contributed by atoms with E-state index in [0.29, 0.717) is 22.7 Å². The Morgan fingerprint density at radius 3 is 2.79 bits per heavy atom. The maximum Gasteiger partial charge on any atom is 0.299 e. The quantitative estimate of drug-likeness (QED) is 0.367. The van der Waals surface area contributed by atoms with Gasteiger partial charge in [0, 0.05) is 18.0 Å². The lowest BCUT2D eigenvalue weighted by atomic mass is 10.1. The fraction of sp³-hybridized carbons (Fsp3) is 0.250. The molecule has 0 aromatic heterocycles. The van der Waals surface area contributed by atoms with Crippen LogP contribution in [0, 0.1) is 0 Å². The van der Waals surface area contributed by atoms with E-state index in [1.54, 1.807) is 12.1 Å². The SMILES string of the molecule is NNC(=O)CCCN1C(=O)C(=O)c2cc(Cl)ccc21. The van der Waals surface area contributed by atoms with Crippen LogP contribution in [0.25, 0.3) is 0 Å². The maximum absolute atomic E-state index is 11.8. The monoisotopic (exact) mass is 281 g/mol. The summed E-state index contributed by atoms with van der Waals surface area (Å²) in [6.45, 7) is 0.284. The van der Waals surface area contributed by atoms with Gasteiger partial charge in [0.25, 0.3) is 11.7 Å². The highest BCUT2D eigenvalue weighted by Crippen LogP contribution is 2.31. The summed E-state index contributed by atoms with van der Waals surface area (Å²) >= 11 is 5.80. The van der Waals surface area contributed by atoms with Gasteiger partial charge in [0.05, 0.1) is 11.3 Å². The Kier molecular flexibility index (Phi) is 3.82. The first-order valence-corrected chi connectivity index (χ1v) is 6.07. The summed E-state index contributed by atoms with van der Waals surface area (Å²) in [6.07, 6.45) is 0.613. The molecule has 0 atom stereocenters. The van der Waals surface area contributed by atoms with E-state index in [1.807, 2.05) is 5.43 Å². The number of carbonyl (C=O) groups is 3. The molecule has 0 unspecified atom stereocenters. The molecule has 0 fully saturated rings. The molecule has 1 aromatic rings. The second kappa shape index (κ2) is 5.38. The number of Topliss-reactive ketones (excluding diaryl/α,β-unsaturated/α-hetero) is 1. The maximum atomic E-state index is 11.8. The zero-order valence-electron chi connectivity index (χ0n) is 9.98. The lowest BCUT2D eigenvalue weighted by Gasteiger charge is -2.15. The van der Waals surface area contributed by atoms with Crippen LogP contribution < -0.4 is 16.2 Å². The van der Waals surface area contributed by atoms with Crippen LogP contribution in [0.2, 0.25) is 5.02 Å². The molecule has 7 heteroatoms. The molecule has 3 N–H and O–H groups in total. The average molecular weight is 282 g/mol. The van der Waals surface area contributed by atoms with E-state index in [0.717, 1.165) is 0 Å². The second-order valence-electron chi connectivity index (χ2n) is 4.12. The predicted molar refractivity (Wildman–Crippen MR) is 69.7 cm³/mol. The minimum absolute atomic E-state index is 0.192. The molecule has 100 valence electrons. The van der Waals surface area contributed by atoms with Gasteiger partial charge in [-0.2, -0.15) is 0 Å². The number of nitrogens with two attached hydrogens (primary N) is 1. The summed E-state index contributed by atoms with van der Waals surface area (Å²) in [7, 11) is 0. The Bertz CT molecular complexity index is 559. The van der Waals surface area contributed by atoms with Crippen molar-refractivity contribution in [3.8, 4) is 0 Å². The number of halogens is 1. The number of ketones is 1. The summed E-state index contributed by atoms with van der Waals surface area (Å²) in [6, 6.07) is 4.72. The number of hydrogen-bond donors (Lipinski definition) is 2. The van der Waals surface area contributed by atoms with E-state index in [2.05, 4.69) is 0 Å². The first-order chi connectivity index (χ1) is 9.04. The van der Waals surface area contributed by atoms with Crippen molar-refractivity contribution >= 4 is 34.9 Å². The van der Waals surface area contributed by atoms with E-state index in [1.165, 1.54) is 11.0 Å². The van der Waals surface area contributed by atoms with Crippen molar-refractivity contribution in [3.05, 3.63) is 28.8 Å². The second-order valence-corrected chi connectivity index (χ2v) is 4.55. The molecular formula is C12H12ClN3O3. The van der Waals surface area contributed by atoms with Crippen molar-refractivity contribution in [1.29, 1.82) is 0 Å². The van der Waals surface area contributed by atoms with Crippen LogP contribution in [-0.4, -0.2) is 24.1 Å². The largest absolute Gasteiger partial charge is 0.305 e. The van der Waals surface area contributed by atoms with E-state index in [4.69, 9.17) is 17.4 Å². The van der Waals surface area contributed by atoms with Crippen molar-refractivity contribution in [1.82, 2.24) is 5.43 Å². The lowest BCUT2D eigenvalue weighted by molar-refractivity contribution is -0.121. The summed E-state index contributed by atoms with van der Waals surface area (Å²) in [4.78, 5) is 35.9. The van der Waals surface area contributed by atoms with Gasteiger partial charge in [-0.05, 0) is 24.6 Å². The topological polar surface area (TPSA) is 92.5 Å². The molecule has 1 aliphatic heterocycles. The number of amides is 2. The van der Waals surface area contributed by atoms with Gasteiger partial charge in [-0.3, -0.25) is 19.8 Å².